The largest absolute Gasteiger partial charge is 0.499 e. The van der Waals surface area contributed by atoms with Gasteiger partial charge < -0.3 is 9.47 Å². The van der Waals surface area contributed by atoms with E-state index in [1.807, 2.05) is 6.08 Å². The van der Waals surface area contributed by atoms with Gasteiger partial charge in [0.15, 0.2) is 0 Å². The molecule has 12 heavy (non-hydrogen) atoms. The van der Waals surface area contributed by atoms with Gasteiger partial charge in [0.1, 0.15) is 6.61 Å². The minimum atomic E-state index is 0.344. The SMILES string of the molecule is CCC=COCC1OCC1CC. The molecule has 1 aliphatic rings. The fraction of sp³-hybridized carbons (Fsp3) is 0.800. The zero-order chi connectivity index (χ0) is 8.81. The van der Waals surface area contributed by atoms with Crippen LogP contribution in [0.15, 0.2) is 12.3 Å². The van der Waals surface area contributed by atoms with Crippen LogP contribution >= 0.6 is 0 Å². The highest BCUT2D eigenvalue weighted by molar-refractivity contribution is 4.79. The molecule has 1 heterocycles. The Kier molecular flexibility index (Phi) is 4.15. The summed E-state index contributed by atoms with van der Waals surface area (Å²) in [5.41, 5.74) is 0. The Hall–Kier alpha value is -0.500. The molecule has 0 aliphatic carbocycles. The summed E-state index contributed by atoms with van der Waals surface area (Å²) in [7, 11) is 0. The van der Waals surface area contributed by atoms with Gasteiger partial charge in [-0.2, -0.15) is 0 Å². The van der Waals surface area contributed by atoms with Crippen molar-refractivity contribution in [1.82, 2.24) is 0 Å². The Morgan fingerprint density at radius 3 is 2.83 bits per heavy atom. The third-order valence-corrected chi connectivity index (χ3v) is 2.26. The van der Waals surface area contributed by atoms with Crippen molar-refractivity contribution in [3.05, 3.63) is 12.3 Å². The molecular weight excluding hydrogens is 152 g/mol. The fourth-order valence-corrected chi connectivity index (χ4v) is 1.25. The number of allylic oxidation sites excluding steroid dienone is 1. The zero-order valence-corrected chi connectivity index (χ0v) is 7.95. The normalized spacial score (nSPS) is 28.8. The first-order valence-corrected chi connectivity index (χ1v) is 4.76. The van der Waals surface area contributed by atoms with Crippen LogP contribution in [0.3, 0.4) is 0 Å². The monoisotopic (exact) mass is 170 g/mol. The number of hydrogen-bond donors (Lipinski definition) is 0. The Morgan fingerprint density at radius 1 is 1.50 bits per heavy atom. The zero-order valence-electron chi connectivity index (χ0n) is 7.95. The smallest absolute Gasteiger partial charge is 0.114 e. The molecule has 2 atom stereocenters. The van der Waals surface area contributed by atoms with E-state index in [0.29, 0.717) is 6.10 Å². The molecule has 0 spiro atoms. The molecule has 0 radical (unpaired) electrons. The number of rotatable bonds is 5. The average Bonchev–Trinajstić information content (AvgIpc) is 2.03. The van der Waals surface area contributed by atoms with Crippen LogP contribution in [0.25, 0.3) is 0 Å². The molecule has 1 fully saturated rings. The highest BCUT2D eigenvalue weighted by Gasteiger charge is 2.30. The lowest BCUT2D eigenvalue weighted by Crippen LogP contribution is -2.42. The maximum Gasteiger partial charge on any atom is 0.114 e. The first-order chi connectivity index (χ1) is 5.88. The first-order valence-electron chi connectivity index (χ1n) is 4.76. The van der Waals surface area contributed by atoms with Crippen molar-refractivity contribution >= 4 is 0 Å². The maximum absolute atomic E-state index is 5.36. The molecular formula is C10H18O2. The highest BCUT2D eigenvalue weighted by Crippen LogP contribution is 2.23. The van der Waals surface area contributed by atoms with E-state index in [1.165, 1.54) is 6.42 Å². The van der Waals surface area contributed by atoms with E-state index in [2.05, 4.69) is 13.8 Å². The van der Waals surface area contributed by atoms with Crippen LogP contribution in [0.5, 0.6) is 0 Å². The second-order valence-electron chi connectivity index (χ2n) is 3.15. The minimum absolute atomic E-state index is 0.344. The van der Waals surface area contributed by atoms with Crippen LogP contribution < -0.4 is 0 Å². The molecule has 1 rings (SSSR count). The molecule has 0 N–H and O–H groups in total. The van der Waals surface area contributed by atoms with Gasteiger partial charge in [0.25, 0.3) is 0 Å². The number of hydrogen-bond acceptors (Lipinski definition) is 2. The summed E-state index contributed by atoms with van der Waals surface area (Å²) in [6.45, 7) is 5.92. The highest BCUT2D eigenvalue weighted by atomic mass is 16.5. The lowest BCUT2D eigenvalue weighted by molar-refractivity contribution is -0.137. The van der Waals surface area contributed by atoms with Gasteiger partial charge in [-0.15, -0.1) is 0 Å². The maximum atomic E-state index is 5.36. The third-order valence-electron chi connectivity index (χ3n) is 2.26. The van der Waals surface area contributed by atoms with Crippen molar-refractivity contribution in [3.8, 4) is 0 Å². The lowest BCUT2D eigenvalue weighted by atomic mass is 9.96. The van der Waals surface area contributed by atoms with Crippen molar-refractivity contribution in [2.45, 2.75) is 32.8 Å². The van der Waals surface area contributed by atoms with Crippen molar-refractivity contribution in [3.63, 3.8) is 0 Å². The van der Waals surface area contributed by atoms with Gasteiger partial charge in [0.2, 0.25) is 0 Å². The van der Waals surface area contributed by atoms with E-state index in [4.69, 9.17) is 9.47 Å². The average molecular weight is 170 g/mol. The molecule has 1 aliphatic heterocycles. The van der Waals surface area contributed by atoms with Crippen LogP contribution in [0.4, 0.5) is 0 Å². The molecule has 0 saturated carbocycles. The summed E-state index contributed by atoms with van der Waals surface area (Å²) >= 11 is 0. The Balaban J connectivity index is 2.03. The third kappa shape index (κ3) is 2.52. The van der Waals surface area contributed by atoms with Crippen LogP contribution in [-0.2, 0) is 9.47 Å². The minimum Gasteiger partial charge on any atom is -0.499 e. The van der Waals surface area contributed by atoms with E-state index in [-0.39, 0.29) is 0 Å². The lowest BCUT2D eigenvalue weighted by Gasteiger charge is -2.35. The van der Waals surface area contributed by atoms with Crippen molar-refractivity contribution < 1.29 is 9.47 Å². The van der Waals surface area contributed by atoms with Gasteiger partial charge >= 0.3 is 0 Å². The van der Waals surface area contributed by atoms with Gasteiger partial charge in [-0.3, -0.25) is 0 Å². The van der Waals surface area contributed by atoms with Gasteiger partial charge in [-0.05, 0) is 12.8 Å². The summed E-state index contributed by atoms with van der Waals surface area (Å²) in [5, 5.41) is 0. The van der Waals surface area contributed by atoms with E-state index in [9.17, 15) is 0 Å². The molecule has 0 aromatic heterocycles. The summed E-state index contributed by atoms with van der Waals surface area (Å²) < 4.78 is 10.7. The van der Waals surface area contributed by atoms with Crippen molar-refractivity contribution in [2.24, 2.45) is 5.92 Å². The van der Waals surface area contributed by atoms with Crippen molar-refractivity contribution in [2.75, 3.05) is 13.2 Å². The Labute approximate surface area is 74.6 Å². The molecule has 0 amide bonds. The van der Waals surface area contributed by atoms with Gasteiger partial charge in [-0.1, -0.05) is 19.9 Å². The Morgan fingerprint density at radius 2 is 2.33 bits per heavy atom. The summed E-state index contributed by atoms with van der Waals surface area (Å²) in [6.07, 6.45) is 6.36. The fourth-order valence-electron chi connectivity index (χ4n) is 1.25. The number of ether oxygens (including phenoxy) is 2. The molecule has 0 aromatic carbocycles. The molecule has 2 unspecified atom stereocenters. The summed E-state index contributed by atoms with van der Waals surface area (Å²) in [4.78, 5) is 0. The van der Waals surface area contributed by atoms with E-state index in [1.54, 1.807) is 6.26 Å². The first kappa shape index (κ1) is 9.59. The summed E-state index contributed by atoms with van der Waals surface area (Å²) in [5.74, 6) is 0.722. The predicted octanol–water partition coefficient (Wildman–Crippen LogP) is 2.35. The molecule has 0 aromatic rings. The molecule has 1 saturated heterocycles. The van der Waals surface area contributed by atoms with Crippen LogP contribution in [-0.4, -0.2) is 19.3 Å². The van der Waals surface area contributed by atoms with E-state index < -0.39 is 0 Å². The predicted molar refractivity (Wildman–Crippen MR) is 48.9 cm³/mol. The molecule has 70 valence electrons. The van der Waals surface area contributed by atoms with Crippen LogP contribution in [0, 0.1) is 5.92 Å². The molecule has 2 nitrogen and oxygen atoms in total. The van der Waals surface area contributed by atoms with Gasteiger partial charge in [0.05, 0.1) is 19.0 Å². The van der Waals surface area contributed by atoms with E-state index in [0.717, 1.165) is 25.6 Å². The second-order valence-corrected chi connectivity index (χ2v) is 3.15. The topological polar surface area (TPSA) is 18.5 Å². The molecule has 2 heteroatoms. The van der Waals surface area contributed by atoms with E-state index >= 15 is 0 Å². The molecule has 0 bridgehead atoms. The Bertz CT molecular complexity index is 141. The standard InChI is InChI=1S/C10H18O2/c1-3-5-6-11-8-10-9(4-2)7-12-10/h5-6,9-10H,3-4,7-8H2,1-2H3. The quantitative estimate of drug-likeness (QED) is 0.590. The van der Waals surface area contributed by atoms with Crippen LogP contribution in [0.2, 0.25) is 0 Å². The van der Waals surface area contributed by atoms with Crippen LogP contribution in [0.1, 0.15) is 26.7 Å². The van der Waals surface area contributed by atoms with Gasteiger partial charge in [-0.25, -0.2) is 0 Å². The summed E-state index contributed by atoms with van der Waals surface area (Å²) in [6, 6.07) is 0. The van der Waals surface area contributed by atoms with Gasteiger partial charge in [0, 0.05) is 5.92 Å². The second kappa shape index (κ2) is 5.20. The van der Waals surface area contributed by atoms with Crippen molar-refractivity contribution in [1.29, 1.82) is 0 Å².